The van der Waals surface area contributed by atoms with E-state index in [1.165, 1.54) is 12.1 Å². The van der Waals surface area contributed by atoms with E-state index >= 15 is 0 Å². The quantitative estimate of drug-likeness (QED) is 0.426. The van der Waals surface area contributed by atoms with E-state index in [0.29, 0.717) is 34.4 Å². The highest BCUT2D eigenvalue weighted by Gasteiger charge is 2.17. The SMILES string of the molecule is O=C(Nc1ccc(Cl)c(Cl)c1)N(CCCNS(=O)(=O)c1ccccc1)c1ccccc1. The van der Waals surface area contributed by atoms with Crippen molar-refractivity contribution >= 4 is 50.6 Å². The van der Waals surface area contributed by atoms with Crippen LogP contribution in [0.2, 0.25) is 10.0 Å². The van der Waals surface area contributed by atoms with Gasteiger partial charge in [0.15, 0.2) is 0 Å². The highest BCUT2D eigenvalue weighted by atomic mass is 35.5. The zero-order valence-electron chi connectivity index (χ0n) is 16.5. The fraction of sp³-hybridized carbons (Fsp3) is 0.136. The number of para-hydroxylation sites is 1. The Morgan fingerprint density at radius 2 is 1.52 bits per heavy atom. The van der Waals surface area contributed by atoms with Crippen molar-refractivity contribution in [2.45, 2.75) is 11.3 Å². The lowest BCUT2D eigenvalue weighted by Crippen LogP contribution is -2.37. The van der Waals surface area contributed by atoms with E-state index in [4.69, 9.17) is 23.2 Å². The maximum Gasteiger partial charge on any atom is 0.326 e. The summed E-state index contributed by atoms with van der Waals surface area (Å²) in [6.45, 7) is 0.481. The molecule has 31 heavy (non-hydrogen) atoms. The standard InChI is InChI=1S/C22H21Cl2N3O3S/c23-20-13-12-17(16-21(20)24)26-22(28)27(18-8-3-1-4-9-18)15-7-14-25-31(29,30)19-10-5-2-6-11-19/h1-6,8-13,16,25H,7,14-15H2,(H,26,28). The Bertz CT molecular complexity index is 1130. The fourth-order valence-electron chi connectivity index (χ4n) is 2.85. The number of carbonyl (C=O) groups is 1. The molecule has 162 valence electrons. The number of hydrogen-bond donors (Lipinski definition) is 2. The molecule has 0 radical (unpaired) electrons. The van der Waals surface area contributed by atoms with E-state index in [2.05, 4.69) is 10.0 Å². The number of halogens is 2. The van der Waals surface area contributed by atoms with Crippen molar-refractivity contribution in [3.63, 3.8) is 0 Å². The van der Waals surface area contributed by atoms with Gasteiger partial charge in [0, 0.05) is 24.5 Å². The normalized spacial score (nSPS) is 11.2. The third-order valence-corrected chi connectivity index (χ3v) is 6.60. The molecule has 0 saturated heterocycles. The van der Waals surface area contributed by atoms with E-state index in [9.17, 15) is 13.2 Å². The van der Waals surface area contributed by atoms with Crippen molar-refractivity contribution < 1.29 is 13.2 Å². The molecule has 9 heteroatoms. The lowest BCUT2D eigenvalue weighted by atomic mass is 10.2. The second-order valence-electron chi connectivity index (χ2n) is 6.61. The van der Waals surface area contributed by atoms with Gasteiger partial charge in [-0.25, -0.2) is 17.9 Å². The predicted molar refractivity (Wildman–Crippen MR) is 126 cm³/mol. The van der Waals surface area contributed by atoms with Crippen LogP contribution in [0.3, 0.4) is 0 Å². The summed E-state index contributed by atoms with van der Waals surface area (Å²) in [6, 6.07) is 21.7. The first-order chi connectivity index (χ1) is 14.9. The summed E-state index contributed by atoms with van der Waals surface area (Å²) in [7, 11) is -3.60. The van der Waals surface area contributed by atoms with Gasteiger partial charge in [-0.2, -0.15) is 0 Å². The summed E-state index contributed by atoms with van der Waals surface area (Å²) in [4.78, 5) is 14.7. The number of anilines is 2. The second kappa shape index (κ2) is 10.6. The van der Waals surface area contributed by atoms with Crippen LogP contribution in [0.15, 0.2) is 83.8 Å². The average Bonchev–Trinajstić information content (AvgIpc) is 2.77. The van der Waals surface area contributed by atoms with Crippen LogP contribution < -0.4 is 14.9 Å². The number of nitrogens with zero attached hydrogens (tertiary/aromatic N) is 1. The first-order valence-corrected chi connectivity index (χ1v) is 11.7. The summed E-state index contributed by atoms with van der Waals surface area (Å²) in [5.41, 5.74) is 1.19. The minimum absolute atomic E-state index is 0.181. The number of rotatable bonds is 8. The van der Waals surface area contributed by atoms with Gasteiger partial charge in [0.2, 0.25) is 10.0 Å². The van der Waals surface area contributed by atoms with Gasteiger partial charge >= 0.3 is 6.03 Å². The summed E-state index contributed by atoms with van der Waals surface area (Å²) >= 11 is 12.0. The maximum absolute atomic E-state index is 12.9. The van der Waals surface area contributed by atoms with Gasteiger partial charge in [0.05, 0.1) is 14.9 Å². The number of benzene rings is 3. The van der Waals surface area contributed by atoms with Crippen molar-refractivity contribution in [1.82, 2.24) is 4.72 Å². The minimum Gasteiger partial charge on any atom is -0.307 e. The summed E-state index contributed by atoms with van der Waals surface area (Å²) in [5, 5.41) is 3.52. The van der Waals surface area contributed by atoms with Gasteiger partial charge < -0.3 is 5.32 Å². The van der Waals surface area contributed by atoms with Gasteiger partial charge in [-0.3, -0.25) is 4.90 Å². The fourth-order valence-corrected chi connectivity index (χ4v) is 4.24. The molecular weight excluding hydrogens is 457 g/mol. The van der Waals surface area contributed by atoms with Crippen molar-refractivity contribution in [3.05, 3.63) is 88.9 Å². The van der Waals surface area contributed by atoms with Crippen LogP contribution in [-0.4, -0.2) is 27.5 Å². The Morgan fingerprint density at radius 3 is 2.16 bits per heavy atom. The zero-order chi connectivity index (χ0) is 22.3. The highest BCUT2D eigenvalue weighted by Crippen LogP contribution is 2.25. The van der Waals surface area contributed by atoms with Crippen molar-refractivity contribution in [1.29, 1.82) is 0 Å². The van der Waals surface area contributed by atoms with E-state index in [0.717, 1.165) is 0 Å². The Hall–Kier alpha value is -2.58. The number of urea groups is 1. The van der Waals surface area contributed by atoms with Crippen LogP contribution >= 0.6 is 23.2 Å². The predicted octanol–water partition coefficient (Wildman–Crippen LogP) is 5.40. The number of carbonyl (C=O) groups excluding carboxylic acids is 1. The molecule has 0 spiro atoms. The van der Waals surface area contributed by atoms with Crippen LogP contribution in [0.1, 0.15) is 6.42 Å². The number of hydrogen-bond acceptors (Lipinski definition) is 3. The van der Waals surface area contributed by atoms with Gasteiger partial charge in [-0.15, -0.1) is 0 Å². The molecule has 0 heterocycles. The van der Waals surface area contributed by atoms with Gasteiger partial charge in [0.1, 0.15) is 0 Å². The molecule has 0 saturated carbocycles. The first-order valence-electron chi connectivity index (χ1n) is 9.50. The van der Waals surface area contributed by atoms with Gasteiger partial charge in [-0.05, 0) is 48.9 Å². The van der Waals surface area contributed by atoms with E-state index < -0.39 is 10.0 Å². The summed E-state index contributed by atoms with van der Waals surface area (Å²) in [6.07, 6.45) is 0.412. The van der Waals surface area contributed by atoms with Crippen LogP contribution in [0.5, 0.6) is 0 Å². The molecular formula is C22H21Cl2N3O3S. The molecule has 0 fully saturated rings. The molecule has 0 atom stereocenters. The van der Waals surface area contributed by atoms with Crippen LogP contribution in [0, 0.1) is 0 Å². The van der Waals surface area contributed by atoms with Crippen LogP contribution in [-0.2, 0) is 10.0 Å². The molecule has 2 amide bonds. The maximum atomic E-state index is 12.9. The van der Waals surface area contributed by atoms with Crippen LogP contribution in [0.4, 0.5) is 16.2 Å². The molecule has 0 aliphatic carbocycles. The third-order valence-electron chi connectivity index (χ3n) is 4.39. The molecule has 6 nitrogen and oxygen atoms in total. The summed E-state index contributed by atoms with van der Waals surface area (Å²) in [5.74, 6) is 0. The second-order valence-corrected chi connectivity index (χ2v) is 9.19. The lowest BCUT2D eigenvalue weighted by molar-refractivity contribution is 0.257. The molecule has 3 rings (SSSR count). The van der Waals surface area contributed by atoms with Crippen molar-refractivity contribution in [3.8, 4) is 0 Å². The summed E-state index contributed by atoms with van der Waals surface area (Å²) < 4.78 is 27.3. The third kappa shape index (κ3) is 6.45. The Kier molecular flexibility index (Phi) is 7.92. The first kappa shape index (κ1) is 23.1. The van der Waals surface area contributed by atoms with E-state index in [1.807, 2.05) is 30.3 Å². The zero-order valence-corrected chi connectivity index (χ0v) is 18.8. The highest BCUT2D eigenvalue weighted by molar-refractivity contribution is 7.89. The van der Waals surface area contributed by atoms with Gasteiger partial charge in [-0.1, -0.05) is 59.6 Å². The largest absolute Gasteiger partial charge is 0.326 e. The van der Waals surface area contributed by atoms with Crippen LogP contribution in [0.25, 0.3) is 0 Å². The van der Waals surface area contributed by atoms with Crippen molar-refractivity contribution in [2.24, 2.45) is 0 Å². The molecule has 2 N–H and O–H groups in total. The Labute approximate surface area is 191 Å². The molecule has 3 aromatic rings. The molecule has 0 aliphatic rings. The monoisotopic (exact) mass is 477 g/mol. The number of sulfonamides is 1. The molecule has 0 aliphatic heterocycles. The minimum atomic E-state index is -3.60. The topological polar surface area (TPSA) is 78.5 Å². The van der Waals surface area contributed by atoms with Gasteiger partial charge in [0.25, 0.3) is 0 Å². The molecule has 0 bridgehead atoms. The van der Waals surface area contributed by atoms with Crippen molar-refractivity contribution in [2.75, 3.05) is 23.3 Å². The Morgan fingerprint density at radius 1 is 0.871 bits per heavy atom. The van der Waals surface area contributed by atoms with E-state index in [1.54, 1.807) is 41.3 Å². The average molecular weight is 478 g/mol. The molecule has 3 aromatic carbocycles. The number of nitrogens with one attached hydrogen (secondary N) is 2. The number of amides is 2. The molecule has 0 aromatic heterocycles. The van der Waals surface area contributed by atoms with E-state index in [-0.39, 0.29) is 17.5 Å². The lowest BCUT2D eigenvalue weighted by Gasteiger charge is -2.23. The Balaban J connectivity index is 1.65. The molecule has 0 unspecified atom stereocenters. The smallest absolute Gasteiger partial charge is 0.307 e.